The van der Waals surface area contributed by atoms with Crippen LogP contribution in [0.4, 0.5) is 11.4 Å². The van der Waals surface area contributed by atoms with Crippen LogP contribution in [0.15, 0.2) is 42.5 Å². The molecule has 0 atom stereocenters. The summed E-state index contributed by atoms with van der Waals surface area (Å²) in [6.45, 7) is -0.519. The van der Waals surface area contributed by atoms with Crippen molar-refractivity contribution in [3.63, 3.8) is 0 Å². The number of nitro benzene ring substituents is 1. The molecule has 0 unspecified atom stereocenters. The number of nitrogens with one attached hydrogen (secondary N) is 1. The van der Waals surface area contributed by atoms with Crippen LogP contribution < -0.4 is 14.8 Å². The Morgan fingerprint density at radius 1 is 1.04 bits per heavy atom. The number of methoxy groups -OCH3 is 2. The number of rotatable bonds is 7. The molecule has 1 amide bonds. The van der Waals surface area contributed by atoms with E-state index in [9.17, 15) is 19.7 Å². The van der Waals surface area contributed by atoms with Crippen LogP contribution >= 0.6 is 0 Å². The highest BCUT2D eigenvalue weighted by molar-refractivity contribution is 5.95. The fourth-order valence-electron chi connectivity index (χ4n) is 2.01. The molecule has 0 fully saturated rings. The Labute approximate surface area is 148 Å². The molecule has 0 spiro atoms. The van der Waals surface area contributed by atoms with E-state index in [1.807, 2.05) is 0 Å². The van der Waals surface area contributed by atoms with Gasteiger partial charge in [-0.25, -0.2) is 4.79 Å². The highest BCUT2D eigenvalue weighted by Gasteiger charge is 2.13. The number of anilines is 1. The Morgan fingerprint density at radius 3 is 2.12 bits per heavy atom. The minimum absolute atomic E-state index is 0.103. The van der Waals surface area contributed by atoms with Crippen molar-refractivity contribution in [2.45, 2.75) is 0 Å². The van der Waals surface area contributed by atoms with Crippen molar-refractivity contribution in [2.24, 2.45) is 0 Å². The van der Waals surface area contributed by atoms with Crippen molar-refractivity contribution in [1.82, 2.24) is 0 Å². The highest BCUT2D eigenvalue weighted by Crippen LogP contribution is 2.25. The van der Waals surface area contributed by atoms with Crippen LogP contribution in [0.1, 0.15) is 10.4 Å². The lowest BCUT2D eigenvalue weighted by Crippen LogP contribution is -2.21. The van der Waals surface area contributed by atoms with Crippen LogP contribution in [0.5, 0.6) is 11.5 Å². The van der Waals surface area contributed by atoms with Crippen LogP contribution in [-0.2, 0) is 9.53 Å². The van der Waals surface area contributed by atoms with Crippen molar-refractivity contribution in [1.29, 1.82) is 0 Å². The maximum Gasteiger partial charge on any atom is 0.338 e. The van der Waals surface area contributed by atoms with Gasteiger partial charge < -0.3 is 19.5 Å². The molecule has 0 aromatic heterocycles. The highest BCUT2D eigenvalue weighted by atomic mass is 16.6. The van der Waals surface area contributed by atoms with Gasteiger partial charge in [0.25, 0.3) is 11.6 Å². The van der Waals surface area contributed by atoms with E-state index >= 15 is 0 Å². The Balaban J connectivity index is 1.94. The zero-order chi connectivity index (χ0) is 19.1. The molecule has 26 heavy (non-hydrogen) atoms. The maximum atomic E-state index is 11.9. The molecule has 9 heteroatoms. The van der Waals surface area contributed by atoms with E-state index < -0.39 is 23.4 Å². The fourth-order valence-corrected chi connectivity index (χ4v) is 2.01. The number of nitrogens with zero attached hydrogens (tertiary/aromatic N) is 1. The predicted molar refractivity (Wildman–Crippen MR) is 91.6 cm³/mol. The minimum atomic E-state index is -0.765. The second-order valence-corrected chi connectivity index (χ2v) is 5.03. The summed E-state index contributed by atoms with van der Waals surface area (Å²) in [6, 6.07) is 9.68. The molecular formula is C17H16N2O7. The van der Waals surface area contributed by atoms with Gasteiger partial charge in [0.05, 0.1) is 24.7 Å². The van der Waals surface area contributed by atoms with Crippen molar-refractivity contribution >= 4 is 23.3 Å². The first-order valence-corrected chi connectivity index (χ1v) is 7.37. The zero-order valence-electron chi connectivity index (χ0n) is 14.1. The molecule has 1 N–H and O–H groups in total. The first kappa shape index (κ1) is 18.7. The van der Waals surface area contributed by atoms with Crippen LogP contribution in [0.25, 0.3) is 0 Å². The van der Waals surface area contributed by atoms with E-state index in [2.05, 4.69) is 5.32 Å². The second-order valence-electron chi connectivity index (χ2n) is 5.03. The topological polar surface area (TPSA) is 117 Å². The molecular weight excluding hydrogens is 344 g/mol. The number of benzene rings is 2. The molecule has 0 saturated heterocycles. The standard InChI is InChI=1S/C17H16N2O7/c1-24-14-7-12(8-15(9-14)25-2)18-16(20)10-26-17(21)11-3-5-13(6-4-11)19(22)23/h3-9H,10H2,1-2H3,(H,18,20). The Kier molecular flexibility index (Phi) is 6.10. The molecule has 0 saturated carbocycles. The number of hydrogen-bond acceptors (Lipinski definition) is 7. The summed E-state index contributed by atoms with van der Waals surface area (Å²) in [5, 5.41) is 13.1. The molecule has 2 aromatic carbocycles. The quantitative estimate of drug-likeness (QED) is 0.458. The number of ether oxygens (including phenoxy) is 3. The van der Waals surface area contributed by atoms with E-state index in [1.165, 1.54) is 38.5 Å². The molecule has 0 radical (unpaired) electrons. The lowest BCUT2D eigenvalue weighted by molar-refractivity contribution is -0.384. The van der Waals surface area contributed by atoms with Gasteiger partial charge >= 0.3 is 5.97 Å². The predicted octanol–water partition coefficient (Wildman–Crippen LogP) is 2.41. The molecule has 2 rings (SSSR count). The van der Waals surface area contributed by atoms with E-state index in [-0.39, 0.29) is 11.3 Å². The summed E-state index contributed by atoms with van der Waals surface area (Å²) in [6.07, 6.45) is 0. The van der Waals surface area contributed by atoms with Gasteiger partial charge in [-0.15, -0.1) is 0 Å². The molecule has 0 bridgehead atoms. The summed E-state index contributed by atoms with van der Waals surface area (Å²) in [5.41, 5.74) is 0.371. The van der Waals surface area contributed by atoms with Gasteiger partial charge in [-0.3, -0.25) is 14.9 Å². The normalized spacial score (nSPS) is 9.92. The Bertz CT molecular complexity index is 796. The van der Waals surface area contributed by atoms with Crippen molar-refractivity contribution in [3.05, 3.63) is 58.1 Å². The maximum absolute atomic E-state index is 11.9. The lowest BCUT2D eigenvalue weighted by atomic mass is 10.2. The van der Waals surface area contributed by atoms with Crippen molar-refractivity contribution in [2.75, 3.05) is 26.1 Å². The molecule has 0 aliphatic heterocycles. The van der Waals surface area contributed by atoms with E-state index in [4.69, 9.17) is 14.2 Å². The van der Waals surface area contributed by atoms with E-state index in [1.54, 1.807) is 18.2 Å². The van der Waals surface area contributed by atoms with Crippen molar-refractivity contribution in [3.8, 4) is 11.5 Å². The van der Waals surface area contributed by atoms with Crippen LogP contribution in [0.2, 0.25) is 0 Å². The third-order valence-electron chi connectivity index (χ3n) is 3.28. The third kappa shape index (κ3) is 4.94. The SMILES string of the molecule is COc1cc(NC(=O)COC(=O)c2ccc([N+](=O)[O-])cc2)cc(OC)c1. The van der Waals surface area contributed by atoms with Gasteiger partial charge in [0.15, 0.2) is 6.61 Å². The van der Waals surface area contributed by atoms with Crippen LogP contribution in [-0.4, -0.2) is 37.6 Å². The largest absolute Gasteiger partial charge is 0.497 e. The van der Waals surface area contributed by atoms with Crippen molar-refractivity contribution < 1.29 is 28.7 Å². The number of carbonyl (C=O) groups excluding carboxylic acids is 2. The van der Waals surface area contributed by atoms with Gasteiger partial charge in [-0.05, 0) is 12.1 Å². The molecule has 0 aliphatic rings. The van der Waals surface area contributed by atoms with Gasteiger partial charge in [-0.1, -0.05) is 0 Å². The van der Waals surface area contributed by atoms with Gasteiger partial charge in [0.2, 0.25) is 0 Å². The number of nitro groups is 1. The van der Waals surface area contributed by atoms with Gasteiger partial charge in [0, 0.05) is 36.0 Å². The fraction of sp³-hybridized carbons (Fsp3) is 0.176. The molecule has 9 nitrogen and oxygen atoms in total. The van der Waals surface area contributed by atoms with Gasteiger partial charge in [0.1, 0.15) is 11.5 Å². The zero-order valence-corrected chi connectivity index (χ0v) is 14.1. The summed E-state index contributed by atoms with van der Waals surface area (Å²) in [5.74, 6) is -0.348. The first-order valence-electron chi connectivity index (χ1n) is 7.37. The van der Waals surface area contributed by atoms with E-state index in [0.717, 1.165) is 0 Å². The Morgan fingerprint density at radius 2 is 1.62 bits per heavy atom. The molecule has 2 aromatic rings. The summed E-state index contributed by atoms with van der Waals surface area (Å²) in [7, 11) is 2.96. The Hall–Kier alpha value is -3.62. The number of non-ortho nitro benzene ring substituents is 1. The smallest absolute Gasteiger partial charge is 0.338 e. The minimum Gasteiger partial charge on any atom is -0.497 e. The molecule has 0 heterocycles. The number of hydrogen-bond donors (Lipinski definition) is 1. The number of esters is 1. The summed E-state index contributed by atoms with van der Waals surface area (Å²) >= 11 is 0. The first-order chi connectivity index (χ1) is 12.4. The number of amides is 1. The summed E-state index contributed by atoms with van der Waals surface area (Å²) in [4.78, 5) is 33.8. The average molecular weight is 360 g/mol. The van der Waals surface area contributed by atoms with E-state index in [0.29, 0.717) is 17.2 Å². The second kappa shape index (κ2) is 8.47. The monoisotopic (exact) mass is 360 g/mol. The van der Waals surface area contributed by atoms with Gasteiger partial charge in [-0.2, -0.15) is 0 Å². The molecule has 0 aliphatic carbocycles. The van der Waals surface area contributed by atoms with Crippen LogP contribution in [0, 0.1) is 10.1 Å². The third-order valence-corrected chi connectivity index (χ3v) is 3.28. The average Bonchev–Trinajstić information content (AvgIpc) is 2.65. The summed E-state index contributed by atoms with van der Waals surface area (Å²) < 4.78 is 15.1. The lowest BCUT2D eigenvalue weighted by Gasteiger charge is -2.10. The molecule has 136 valence electrons. The number of carbonyl (C=O) groups is 2. The van der Waals surface area contributed by atoms with Crippen LogP contribution in [0.3, 0.4) is 0 Å².